The Bertz CT molecular complexity index is 511. The first kappa shape index (κ1) is 12.5. The quantitative estimate of drug-likeness (QED) is 0.819. The molecule has 5 nitrogen and oxygen atoms in total. The van der Waals surface area contributed by atoms with Crippen LogP contribution in [-0.2, 0) is 4.79 Å². The van der Waals surface area contributed by atoms with Crippen LogP contribution in [0, 0.1) is 22.7 Å². The Labute approximate surface area is 98.9 Å². The van der Waals surface area contributed by atoms with Gasteiger partial charge in [0.15, 0.2) is 0 Å². The number of nitriles is 2. The van der Waals surface area contributed by atoms with Crippen LogP contribution < -0.4 is 5.32 Å². The van der Waals surface area contributed by atoms with Gasteiger partial charge in [-0.1, -0.05) is 0 Å². The zero-order chi connectivity index (χ0) is 12.8. The lowest BCUT2D eigenvalue weighted by Crippen LogP contribution is -2.19. The molecule has 1 aromatic carbocycles. The maximum atomic E-state index is 10.5. The van der Waals surface area contributed by atoms with Gasteiger partial charge in [0.25, 0.3) is 0 Å². The molecule has 0 fully saturated rings. The second-order valence-electron chi connectivity index (χ2n) is 3.63. The molecule has 0 aliphatic rings. The average Bonchev–Trinajstić information content (AvgIpc) is 2.27. The highest BCUT2D eigenvalue weighted by Gasteiger charge is 2.08. The zero-order valence-corrected chi connectivity index (χ0v) is 9.27. The Kier molecular flexibility index (Phi) is 4.08. The third kappa shape index (κ3) is 3.51. The minimum Gasteiger partial charge on any atom is -0.481 e. The van der Waals surface area contributed by atoms with Crippen LogP contribution in [0.25, 0.3) is 0 Å². The minimum absolute atomic E-state index is 0.0120. The lowest BCUT2D eigenvalue weighted by Gasteiger charge is -2.13. The van der Waals surface area contributed by atoms with Crippen molar-refractivity contribution in [3.8, 4) is 12.1 Å². The highest BCUT2D eigenvalue weighted by molar-refractivity contribution is 5.68. The second-order valence-corrected chi connectivity index (χ2v) is 3.63. The van der Waals surface area contributed by atoms with Crippen molar-refractivity contribution in [3.63, 3.8) is 0 Å². The number of hydrogen-bond acceptors (Lipinski definition) is 4. The molecule has 0 amide bonds. The molecule has 0 aromatic heterocycles. The van der Waals surface area contributed by atoms with Gasteiger partial charge in [-0.25, -0.2) is 0 Å². The molecular weight excluding hydrogens is 218 g/mol. The number of hydrogen-bond donors (Lipinski definition) is 2. The predicted octanol–water partition coefficient (Wildman–Crippen LogP) is 1.71. The summed E-state index contributed by atoms with van der Waals surface area (Å²) in [6.45, 7) is 1.73. The van der Waals surface area contributed by atoms with E-state index in [4.69, 9.17) is 15.6 Å². The average molecular weight is 229 g/mol. The van der Waals surface area contributed by atoms with Gasteiger partial charge >= 0.3 is 5.97 Å². The van der Waals surface area contributed by atoms with Gasteiger partial charge in [-0.05, 0) is 25.1 Å². The fourth-order valence-corrected chi connectivity index (χ4v) is 1.42. The number of carbonyl (C=O) groups is 1. The SMILES string of the molecule is CC(CC(=O)O)Nc1ccc(C#N)c(C#N)c1. The summed E-state index contributed by atoms with van der Waals surface area (Å²) in [5.74, 6) is -0.890. The molecule has 0 spiro atoms. The van der Waals surface area contributed by atoms with Crippen LogP contribution >= 0.6 is 0 Å². The molecule has 17 heavy (non-hydrogen) atoms. The van der Waals surface area contributed by atoms with Gasteiger partial charge in [0.05, 0.1) is 17.5 Å². The van der Waals surface area contributed by atoms with Gasteiger partial charge in [0.2, 0.25) is 0 Å². The van der Waals surface area contributed by atoms with Crippen molar-refractivity contribution in [3.05, 3.63) is 29.3 Å². The van der Waals surface area contributed by atoms with E-state index in [1.807, 2.05) is 12.1 Å². The van der Waals surface area contributed by atoms with E-state index in [-0.39, 0.29) is 18.0 Å². The molecule has 0 radical (unpaired) electrons. The lowest BCUT2D eigenvalue weighted by atomic mass is 10.1. The number of nitrogens with zero attached hydrogens (tertiary/aromatic N) is 2. The topological polar surface area (TPSA) is 96.9 Å². The summed E-state index contributed by atoms with van der Waals surface area (Å²) in [4.78, 5) is 10.5. The van der Waals surface area contributed by atoms with E-state index in [1.165, 1.54) is 12.1 Å². The summed E-state index contributed by atoms with van der Waals surface area (Å²) in [6, 6.07) is 8.32. The van der Waals surface area contributed by atoms with Gasteiger partial charge in [-0.2, -0.15) is 10.5 Å². The predicted molar refractivity (Wildman–Crippen MR) is 61.2 cm³/mol. The third-order valence-corrected chi connectivity index (χ3v) is 2.15. The first-order valence-electron chi connectivity index (χ1n) is 4.99. The van der Waals surface area contributed by atoms with Crippen molar-refractivity contribution in [1.82, 2.24) is 0 Å². The summed E-state index contributed by atoms with van der Waals surface area (Å²) in [5, 5.41) is 29.1. The Morgan fingerprint density at radius 2 is 2.06 bits per heavy atom. The van der Waals surface area contributed by atoms with Crippen LogP contribution in [0.3, 0.4) is 0 Å². The summed E-state index contributed by atoms with van der Waals surface area (Å²) in [6.07, 6.45) is -0.0120. The molecule has 0 aliphatic carbocycles. The van der Waals surface area contributed by atoms with Crippen LogP contribution in [0.15, 0.2) is 18.2 Å². The maximum absolute atomic E-state index is 10.5. The number of carboxylic acids is 1. The Balaban J connectivity index is 2.84. The maximum Gasteiger partial charge on any atom is 0.305 e. The summed E-state index contributed by atoms with van der Waals surface area (Å²) in [5.41, 5.74) is 1.22. The molecule has 1 atom stereocenters. The van der Waals surface area contributed by atoms with Gasteiger partial charge in [-0.3, -0.25) is 4.79 Å². The number of carboxylic acid groups (broad SMARTS) is 1. The Hall–Kier alpha value is -2.53. The molecule has 0 bridgehead atoms. The highest BCUT2D eigenvalue weighted by atomic mass is 16.4. The fourth-order valence-electron chi connectivity index (χ4n) is 1.42. The minimum atomic E-state index is -0.890. The monoisotopic (exact) mass is 229 g/mol. The van der Waals surface area contributed by atoms with E-state index in [2.05, 4.69) is 5.32 Å². The van der Waals surface area contributed by atoms with Gasteiger partial charge in [0.1, 0.15) is 12.1 Å². The van der Waals surface area contributed by atoms with E-state index in [0.29, 0.717) is 11.3 Å². The Morgan fingerprint density at radius 3 is 2.59 bits per heavy atom. The van der Waals surface area contributed by atoms with Crippen LogP contribution in [0.2, 0.25) is 0 Å². The molecule has 1 aromatic rings. The van der Waals surface area contributed by atoms with E-state index < -0.39 is 5.97 Å². The number of aliphatic carboxylic acids is 1. The molecule has 0 saturated carbocycles. The molecule has 2 N–H and O–H groups in total. The largest absolute Gasteiger partial charge is 0.481 e. The van der Waals surface area contributed by atoms with Crippen molar-refractivity contribution >= 4 is 11.7 Å². The van der Waals surface area contributed by atoms with E-state index >= 15 is 0 Å². The third-order valence-electron chi connectivity index (χ3n) is 2.15. The highest BCUT2D eigenvalue weighted by Crippen LogP contribution is 2.16. The van der Waals surface area contributed by atoms with Crippen LogP contribution in [0.5, 0.6) is 0 Å². The van der Waals surface area contributed by atoms with Crippen molar-refractivity contribution in [2.45, 2.75) is 19.4 Å². The summed E-state index contributed by atoms with van der Waals surface area (Å²) in [7, 11) is 0. The second kappa shape index (κ2) is 5.53. The number of rotatable bonds is 4. The first-order valence-corrected chi connectivity index (χ1v) is 4.99. The van der Waals surface area contributed by atoms with Gasteiger partial charge in [0, 0.05) is 11.7 Å². The van der Waals surface area contributed by atoms with Crippen molar-refractivity contribution in [2.75, 3.05) is 5.32 Å². The van der Waals surface area contributed by atoms with Gasteiger partial charge < -0.3 is 10.4 Å². The van der Waals surface area contributed by atoms with E-state index in [1.54, 1.807) is 13.0 Å². The van der Waals surface area contributed by atoms with Gasteiger partial charge in [-0.15, -0.1) is 0 Å². The summed E-state index contributed by atoms with van der Waals surface area (Å²) < 4.78 is 0. The lowest BCUT2D eigenvalue weighted by molar-refractivity contribution is -0.137. The zero-order valence-electron chi connectivity index (χ0n) is 9.27. The fraction of sp³-hybridized carbons (Fsp3) is 0.250. The number of nitrogens with one attached hydrogen (secondary N) is 1. The number of benzene rings is 1. The molecule has 0 aliphatic heterocycles. The van der Waals surface area contributed by atoms with Crippen molar-refractivity contribution in [2.24, 2.45) is 0 Å². The molecular formula is C12H11N3O2. The van der Waals surface area contributed by atoms with Crippen LogP contribution in [0.1, 0.15) is 24.5 Å². The standard InChI is InChI=1S/C12H11N3O2/c1-8(4-12(16)17)15-11-3-2-9(6-13)10(5-11)7-14/h2-3,5,8,15H,4H2,1H3,(H,16,17). The molecule has 1 rings (SSSR count). The summed E-state index contributed by atoms with van der Waals surface area (Å²) >= 11 is 0. The van der Waals surface area contributed by atoms with E-state index in [9.17, 15) is 4.79 Å². The number of anilines is 1. The molecule has 1 unspecified atom stereocenters. The smallest absolute Gasteiger partial charge is 0.305 e. The molecule has 86 valence electrons. The normalized spacial score (nSPS) is 11.0. The van der Waals surface area contributed by atoms with Crippen LogP contribution in [0.4, 0.5) is 5.69 Å². The van der Waals surface area contributed by atoms with Crippen molar-refractivity contribution in [1.29, 1.82) is 10.5 Å². The molecule has 0 heterocycles. The van der Waals surface area contributed by atoms with E-state index in [0.717, 1.165) is 0 Å². The molecule has 0 saturated heterocycles. The first-order chi connectivity index (χ1) is 8.06. The Morgan fingerprint density at radius 1 is 1.41 bits per heavy atom. The molecule has 5 heteroatoms. The van der Waals surface area contributed by atoms with Crippen molar-refractivity contribution < 1.29 is 9.90 Å². The van der Waals surface area contributed by atoms with Crippen LogP contribution in [-0.4, -0.2) is 17.1 Å².